The number of aromatic hydroxyl groups is 1. The third-order valence-corrected chi connectivity index (χ3v) is 4.75. The molecule has 1 unspecified atom stereocenters. The fraction of sp³-hybridized carbons (Fsp3) is 0.429. The number of aromatic nitrogens is 2. The largest absolute Gasteiger partial charge is 0.508 e. The molecule has 2 aromatic rings. The second-order valence-corrected chi connectivity index (χ2v) is 7.24. The predicted molar refractivity (Wildman–Crippen MR) is 110 cm³/mol. The molecule has 8 nitrogen and oxygen atoms in total. The van der Waals surface area contributed by atoms with E-state index in [2.05, 4.69) is 20.6 Å². The molecule has 1 aromatic heterocycles. The van der Waals surface area contributed by atoms with Crippen molar-refractivity contribution in [2.24, 2.45) is 5.73 Å². The van der Waals surface area contributed by atoms with Crippen LogP contribution in [0.2, 0.25) is 0 Å². The fourth-order valence-corrected chi connectivity index (χ4v) is 3.11. The van der Waals surface area contributed by atoms with Gasteiger partial charge in [0.2, 0.25) is 11.8 Å². The van der Waals surface area contributed by atoms with Crippen molar-refractivity contribution in [3.05, 3.63) is 53.1 Å². The number of phenols is 1. The summed E-state index contributed by atoms with van der Waals surface area (Å²) in [4.78, 5) is 32.5. The topological polar surface area (TPSA) is 130 Å². The molecule has 29 heavy (non-hydrogen) atoms. The summed E-state index contributed by atoms with van der Waals surface area (Å²) in [6.45, 7) is 5.85. The van der Waals surface area contributed by atoms with Crippen molar-refractivity contribution >= 4 is 11.8 Å². The van der Waals surface area contributed by atoms with Crippen LogP contribution in [-0.2, 0) is 22.4 Å². The number of benzene rings is 1. The van der Waals surface area contributed by atoms with Crippen molar-refractivity contribution in [3.63, 3.8) is 0 Å². The minimum absolute atomic E-state index is 0.187. The predicted octanol–water partition coefficient (Wildman–Crippen LogP) is 0.923. The number of nitrogens with two attached hydrogens (primary N) is 1. The molecule has 2 amide bonds. The van der Waals surface area contributed by atoms with Crippen molar-refractivity contribution in [2.45, 2.75) is 52.1 Å². The molecule has 2 atom stereocenters. The van der Waals surface area contributed by atoms with Gasteiger partial charge in [0.1, 0.15) is 18.1 Å². The van der Waals surface area contributed by atoms with Crippen molar-refractivity contribution in [1.29, 1.82) is 0 Å². The van der Waals surface area contributed by atoms with Gasteiger partial charge in [-0.25, -0.2) is 9.97 Å². The first-order valence-corrected chi connectivity index (χ1v) is 9.64. The Kier molecular flexibility index (Phi) is 8.09. The number of nitrogens with zero attached hydrogens (tertiary/aromatic N) is 2. The van der Waals surface area contributed by atoms with Crippen LogP contribution in [0.5, 0.6) is 5.75 Å². The van der Waals surface area contributed by atoms with E-state index >= 15 is 0 Å². The number of nitrogens with one attached hydrogen (secondary N) is 2. The van der Waals surface area contributed by atoms with Crippen LogP contribution in [0.3, 0.4) is 0 Å². The SMILES string of the molecule is Cc1cc(O)cc(C)c1CC(N)C(=O)N[C@H](C)C(=O)NCCCc1cncnc1. The number of amides is 2. The van der Waals surface area contributed by atoms with E-state index in [1.165, 1.54) is 6.33 Å². The van der Waals surface area contributed by atoms with Gasteiger partial charge in [0.05, 0.1) is 6.04 Å². The third kappa shape index (κ3) is 6.83. The Balaban J connectivity index is 1.77. The highest BCUT2D eigenvalue weighted by molar-refractivity contribution is 5.89. The average molecular weight is 399 g/mol. The lowest BCUT2D eigenvalue weighted by Gasteiger charge is -2.19. The molecular weight excluding hydrogens is 370 g/mol. The Morgan fingerprint density at radius 1 is 1.14 bits per heavy atom. The zero-order valence-corrected chi connectivity index (χ0v) is 17.1. The molecule has 1 heterocycles. The van der Waals surface area contributed by atoms with E-state index < -0.39 is 12.1 Å². The van der Waals surface area contributed by atoms with Crippen LogP contribution < -0.4 is 16.4 Å². The number of hydrogen-bond donors (Lipinski definition) is 4. The highest BCUT2D eigenvalue weighted by Gasteiger charge is 2.21. The molecule has 0 bridgehead atoms. The molecule has 0 radical (unpaired) electrons. The summed E-state index contributed by atoms with van der Waals surface area (Å²) in [6.07, 6.45) is 6.81. The van der Waals surface area contributed by atoms with Crippen LogP contribution in [0.15, 0.2) is 30.9 Å². The maximum atomic E-state index is 12.4. The summed E-state index contributed by atoms with van der Waals surface area (Å²) in [5.74, 6) is -0.459. The lowest BCUT2D eigenvalue weighted by Crippen LogP contribution is -2.51. The smallest absolute Gasteiger partial charge is 0.242 e. The van der Waals surface area contributed by atoms with E-state index in [0.717, 1.165) is 35.1 Å². The summed E-state index contributed by atoms with van der Waals surface area (Å²) in [5.41, 5.74) is 9.72. The molecule has 1 aromatic carbocycles. The number of hydrogen-bond acceptors (Lipinski definition) is 6. The van der Waals surface area contributed by atoms with Gasteiger partial charge < -0.3 is 21.5 Å². The Labute approximate surface area is 170 Å². The van der Waals surface area contributed by atoms with Gasteiger partial charge in [0.25, 0.3) is 0 Å². The molecule has 0 aliphatic heterocycles. The van der Waals surface area contributed by atoms with Gasteiger partial charge in [0.15, 0.2) is 0 Å². The van der Waals surface area contributed by atoms with Crippen molar-refractivity contribution < 1.29 is 14.7 Å². The summed E-state index contributed by atoms with van der Waals surface area (Å²) < 4.78 is 0. The molecule has 0 saturated heterocycles. The van der Waals surface area contributed by atoms with Crippen molar-refractivity contribution in [2.75, 3.05) is 6.54 Å². The van der Waals surface area contributed by atoms with E-state index in [0.29, 0.717) is 13.0 Å². The Morgan fingerprint density at radius 2 is 1.76 bits per heavy atom. The van der Waals surface area contributed by atoms with E-state index in [1.54, 1.807) is 31.5 Å². The molecule has 156 valence electrons. The van der Waals surface area contributed by atoms with Crippen LogP contribution in [-0.4, -0.2) is 45.5 Å². The normalized spacial score (nSPS) is 12.8. The zero-order valence-electron chi connectivity index (χ0n) is 17.1. The number of rotatable bonds is 9. The highest BCUT2D eigenvalue weighted by Crippen LogP contribution is 2.21. The summed E-state index contributed by atoms with van der Waals surface area (Å²) in [7, 11) is 0. The highest BCUT2D eigenvalue weighted by atomic mass is 16.3. The Hall–Kier alpha value is -3.00. The maximum absolute atomic E-state index is 12.4. The standard InChI is InChI=1S/C21H29N5O3/c1-13-7-17(27)8-14(2)18(13)9-19(22)21(29)26-15(3)20(28)25-6-4-5-16-10-23-12-24-11-16/h7-8,10-12,15,19,27H,4-6,9,22H2,1-3H3,(H,25,28)(H,26,29)/t15-,19?/m1/s1. The Bertz CT molecular complexity index is 818. The summed E-state index contributed by atoms with van der Waals surface area (Å²) in [6, 6.07) is 1.82. The zero-order chi connectivity index (χ0) is 21.4. The van der Waals surface area contributed by atoms with Gasteiger partial charge in [0, 0.05) is 18.9 Å². The second kappa shape index (κ2) is 10.5. The maximum Gasteiger partial charge on any atom is 0.242 e. The minimum Gasteiger partial charge on any atom is -0.508 e. The van der Waals surface area contributed by atoms with Gasteiger partial charge in [-0.2, -0.15) is 0 Å². The quantitative estimate of drug-likeness (QED) is 0.464. The second-order valence-electron chi connectivity index (χ2n) is 7.24. The molecule has 0 aliphatic rings. The molecular formula is C21H29N5O3. The van der Waals surface area contributed by atoms with Crippen molar-refractivity contribution in [3.8, 4) is 5.75 Å². The first-order valence-electron chi connectivity index (χ1n) is 9.64. The molecule has 0 aliphatic carbocycles. The average Bonchev–Trinajstić information content (AvgIpc) is 2.68. The molecule has 0 spiro atoms. The van der Waals surface area contributed by atoms with E-state index in [-0.39, 0.29) is 17.6 Å². The van der Waals surface area contributed by atoms with E-state index in [9.17, 15) is 14.7 Å². The fourth-order valence-electron chi connectivity index (χ4n) is 3.11. The first-order chi connectivity index (χ1) is 13.8. The van der Waals surface area contributed by atoms with E-state index in [1.807, 2.05) is 13.8 Å². The Morgan fingerprint density at radius 3 is 2.38 bits per heavy atom. The first kappa shape index (κ1) is 22.3. The minimum atomic E-state index is -0.787. The lowest BCUT2D eigenvalue weighted by molar-refractivity contribution is -0.129. The van der Waals surface area contributed by atoms with Gasteiger partial charge in [-0.05, 0) is 74.4 Å². The van der Waals surface area contributed by atoms with Gasteiger partial charge >= 0.3 is 0 Å². The molecule has 0 saturated carbocycles. The molecule has 8 heteroatoms. The van der Waals surface area contributed by atoms with Crippen LogP contribution >= 0.6 is 0 Å². The van der Waals surface area contributed by atoms with Crippen LogP contribution in [0.1, 0.15) is 35.6 Å². The third-order valence-electron chi connectivity index (χ3n) is 4.75. The van der Waals surface area contributed by atoms with Gasteiger partial charge in [-0.1, -0.05) is 0 Å². The number of carbonyl (C=O) groups excluding carboxylic acids is 2. The number of carbonyl (C=O) groups is 2. The van der Waals surface area contributed by atoms with E-state index in [4.69, 9.17) is 5.73 Å². The monoisotopic (exact) mass is 399 g/mol. The molecule has 5 N–H and O–H groups in total. The summed E-state index contributed by atoms with van der Waals surface area (Å²) >= 11 is 0. The number of aryl methyl sites for hydroxylation is 3. The van der Waals surface area contributed by atoms with Crippen LogP contribution in [0.25, 0.3) is 0 Å². The molecule has 2 rings (SSSR count). The lowest BCUT2D eigenvalue weighted by atomic mass is 9.96. The van der Waals surface area contributed by atoms with Crippen LogP contribution in [0.4, 0.5) is 0 Å². The van der Waals surface area contributed by atoms with Gasteiger partial charge in [-0.3, -0.25) is 9.59 Å². The molecule has 0 fully saturated rings. The van der Waals surface area contributed by atoms with Gasteiger partial charge in [-0.15, -0.1) is 0 Å². The summed E-state index contributed by atoms with van der Waals surface area (Å²) in [5, 5.41) is 15.1. The number of phenolic OH excluding ortho intramolecular Hbond substituents is 1. The van der Waals surface area contributed by atoms with Crippen molar-refractivity contribution in [1.82, 2.24) is 20.6 Å². The van der Waals surface area contributed by atoms with Crippen LogP contribution in [0, 0.1) is 13.8 Å².